The number of esters is 2. The molecule has 1 aliphatic rings. The number of halogens is 1. The van der Waals surface area contributed by atoms with Crippen LogP contribution in [0.15, 0.2) is 77.7 Å². The zero-order valence-electron chi connectivity index (χ0n) is 18.1. The fourth-order valence-electron chi connectivity index (χ4n) is 3.71. The first-order chi connectivity index (χ1) is 16.3. The van der Waals surface area contributed by atoms with E-state index in [0.717, 1.165) is 0 Å². The van der Waals surface area contributed by atoms with Crippen molar-refractivity contribution in [1.29, 1.82) is 0 Å². The van der Waals surface area contributed by atoms with Gasteiger partial charge in [0.2, 0.25) is 0 Å². The molecule has 0 spiro atoms. The van der Waals surface area contributed by atoms with Gasteiger partial charge in [0.25, 0.3) is 5.56 Å². The molecule has 34 heavy (non-hydrogen) atoms. The average molecular weight is 485 g/mol. The molecule has 1 aromatic heterocycles. The zero-order valence-corrected chi connectivity index (χ0v) is 18.9. The summed E-state index contributed by atoms with van der Waals surface area (Å²) < 4.78 is 33.8. The summed E-state index contributed by atoms with van der Waals surface area (Å²) in [7, 11) is 0. The van der Waals surface area contributed by atoms with Gasteiger partial charge >= 0.3 is 11.9 Å². The van der Waals surface area contributed by atoms with Crippen molar-refractivity contribution in [2.75, 3.05) is 6.61 Å². The van der Waals surface area contributed by atoms with Crippen LogP contribution in [0.2, 0.25) is 0 Å². The Morgan fingerprint density at radius 1 is 1.06 bits per heavy atom. The van der Waals surface area contributed by atoms with Crippen LogP contribution in [0.1, 0.15) is 33.9 Å². The van der Waals surface area contributed by atoms with Crippen LogP contribution in [0.4, 0.5) is 4.39 Å². The third-order valence-corrected chi connectivity index (χ3v) is 5.80. The van der Waals surface area contributed by atoms with Crippen molar-refractivity contribution in [3.05, 3.63) is 99.2 Å². The molecule has 2 aromatic carbocycles. The van der Waals surface area contributed by atoms with Gasteiger partial charge in [-0.1, -0.05) is 36.4 Å². The lowest BCUT2D eigenvalue weighted by Crippen LogP contribution is -2.46. The number of nitrogens with one attached hydrogen (secondary N) is 1. The Hall–Kier alpha value is -3.63. The third kappa shape index (κ3) is 4.68. The Balaban J connectivity index is 1.62. The summed E-state index contributed by atoms with van der Waals surface area (Å²) >= 11 is 5.21. The number of hydrogen-bond acceptors (Lipinski definition) is 7. The summed E-state index contributed by atoms with van der Waals surface area (Å²) in [5, 5.41) is 0. The highest BCUT2D eigenvalue weighted by molar-refractivity contribution is 7.71. The number of benzene rings is 2. The van der Waals surface area contributed by atoms with E-state index in [0.29, 0.717) is 5.56 Å². The molecule has 0 amide bonds. The smallest absolute Gasteiger partial charge is 0.338 e. The maximum atomic E-state index is 15.8. The van der Waals surface area contributed by atoms with Crippen LogP contribution >= 0.6 is 12.2 Å². The van der Waals surface area contributed by atoms with E-state index < -0.39 is 48.2 Å². The quantitative estimate of drug-likeness (QED) is 0.421. The molecule has 0 radical (unpaired) electrons. The van der Waals surface area contributed by atoms with E-state index >= 15 is 4.39 Å². The van der Waals surface area contributed by atoms with E-state index in [1.54, 1.807) is 48.5 Å². The normalized spacial score (nSPS) is 23.9. The van der Waals surface area contributed by atoms with Crippen molar-refractivity contribution < 1.29 is 28.2 Å². The minimum Gasteiger partial charge on any atom is -0.459 e. The predicted molar refractivity (Wildman–Crippen MR) is 122 cm³/mol. The fraction of sp³-hybridized carbons (Fsp3) is 0.250. The van der Waals surface area contributed by atoms with Crippen LogP contribution in [-0.4, -0.2) is 46.0 Å². The monoisotopic (exact) mass is 484 g/mol. The van der Waals surface area contributed by atoms with Gasteiger partial charge in [0.1, 0.15) is 12.7 Å². The van der Waals surface area contributed by atoms with E-state index in [1.165, 1.54) is 35.9 Å². The number of carbonyl (C=O) groups excluding carboxylic acids is 2. The highest BCUT2D eigenvalue weighted by Crippen LogP contribution is 2.43. The SMILES string of the molecule is CC1(OC(=O)c2ccccc2)[C@@H](F)[C@@H](COC(=O)c2ccccc2)O[C@H]1n1ccc(=O)[nH]c1=S. The molecule has 4 atom stereocenters. The number of alkyl halides is 1. The van der Waals surface area contributed by atoms with Gasteiger partial charge in [0.15, 0.2) is 22.8 Å². The number of carbonyl (C=O) groups is 2. The van der Waals surface area contributed by atoms with Crippen LogP contribution in [0.25, 0.3) is 0 Å². The molecule has 4 rings (SSSR count). The van der Waals surface area contributed by atoms with Crippen molar-refractivity contribution in [3.63, 3.8) is 0 Å². The third-order valence-electron chi connectivity index (χ3n) is 5.48. The second-order valence-electron chi connectivity index (χ2n) is 7.85. The molecule has 176 valence electrons. The highest BCUT2D eigenvalue weighted by atomic mass is 32.1. The molecule has 1 N–H and O–H groups in total. The standard InChI is InChI=1S/C24H21FN2O6S/c1-24(33-21(30)16-10-6-3-7-11-16)19(25)17(14-31-20(29)15-8-4-2-5-9-15)32-22(24)27-13-12-18(28)26-23(27)34/h2-13,17,19,22H,14H2,1H3,(H,26,28,34)/t17-,19+,22-,24?/m1/s1. The Kier molecular flexibility index (Phi) is 6.71. The van der Waals surface area contributed by atoms with Gasteiger partial charge in [-0.3, -0.25) is 14.3 Å². The number of nitrogens with zero attached hydrogens (tertiary/aromatic N) is 1. The van der Waals surface area contributed by atoms with Gasteiger partial charge in [0.05, 0.1) is 11.1 Å². The van der Waals surface area contributed by atoms with Crippen molar-refractivity contribution in [2.45, 2.75) is 31.0 Å². The van der Waals surface area contributed by atoms with Gasteiger partial charge < -0.3 is 14.2 Å². The van der Waals surface area contributed by atoms with Crippen LogP contribution in [0.5, 0.6) is 0 Å². The maximum Gasteiger partial charge on any atom is 0.338 e. The zero-order chi connectivity index (χ0) is 24.3. The molecule has 1 saturated heterocycles. The molecule has 10 heteroatoms. The molecule has 2 heterocycles. The minimum atomic E-state index is -1.89. The molecule has 0 bridgehead atoms. The molecule has 0 aliphatic carbocycles. The second kappa shape index (κ2) is 9.70. The predicted octanol–water partition coefficient (Wildman–Crippen LogP) is 3.61. The number of aromatic nitrogens is 2. The largest absolute Gasteiger partial charge is 0.459 e. The lowest BCUT2D eigenvalue weighted by atomic mass is 9.97. The Morgan fingerprint density at radius 2 is 1.65 bits per heavy atom. The summed E-state index contributed by atoms with van der Waals surface area (Å²) in [5.41, 5.74) is -1.78. The summed E-state index contributed by atoms with van der Waals surface area (Å²) in [6, 6.07) is 17.5. The highest BCUT2D eigenvalue weighted by Gasteiger charge is 2.59. The number of aromatic amines is 1. The van der Waals surface area contributed by atoms with Crippen LogP contribution in [-0.2, 0) is 14.2 Å². The van der Waals surface area contributed by atoms with Crippen molar-refractivity contribution >= 4 is 24.2 Å². The lowest BCUT2D eigenvalue weighted by Gasteiger charge is -2.32. The van der Waals surface area contributed by atoms with Gasteiger partial charge in [-0.05, 0) is 43.4 Å². The number of rotatable bonds is 6. The fourth-order valence-corrected chi connectivity index (χ4v) is 3.96. The van der Waals surface area contributed by atoms with Gasteiger partial charge in [-0.15, -0.1) is 0 Å². The Labute approximate surface area is 198 Å². The molecular weight excluding hydrogens is 463 g/mol. The van der Waals surface area contributed by atoms with Gasteiger partial charge in [0, 0.05) is 12.3 Å². The molecule has 1 aliphatic heterocycles. The summed E-state index contributed by atoms with van der Waals surface area (Å²) in [6.45, 7) is 0.940. The van der Waals surface area contributed by atoms with Crippen molar-refractivity contribution in [3.8, 4) is 0 Å². The van der Waals surface area contributed by atoms with Crippen LogP contribution in [0.3, 0.4) is 0 Å². The molecule has 1 unspecified atom stereocenters. The van der Waals surface area contributed by atoms with Crippen molar-refractivity contribution in [1.82, 2.24) is 9.55 Å². The average Bonchev–Trinajstić information content (AvgIpc) is 3.08. The molecule has 0 saturated carbocycles. The first kappa shape index (κ1) is 23.5. The molecule has 3 aromatic rings. The van der Waals surface area contributed by atoms with Crippen LogP contribution in [0, 0.1) is 4.77 Å². The summed E-state index contributed by atoms with van der Waals surface area (Å²) in [4.78, 5) is 39.2. The number of ether oxygens (including phenoxy) is 3. The second-order valence-corrected chi connectivity index (χ2v) is 8.24. The van der Waals surface area contributed by atoms with Gasteiger partial charge in [-0.25, -0.2) is 14.0 Å². The maximum absolute atomic E-state index is 15.8. The molecule has 8 nitrogen and oxygen atoms in total. The summed E-state index contributed by atoms with van der Waals surface area (Å²) in [5.74, 6) is -1.42. The first-order valence-electron chi connectivity index (χ1n) is 10.4. The van der Waals surface area contributed by atoms with E-state index in [1.807, 2.05) is 0 Å². The molecular formula is C24H21FN2O6S. The van der Waals surface area contributed by atoms with Crippen molar-refractivity contribution in [2.24, 2.45) is 0 Å². The minimum absolute atomic E-state index is 0.0476. The number of hydrogen-bond donors (Lipinski definition) is 1. The number of H-pyrrole nitrogens is 1. The topological polar surface area (TPSA) is 99.6 Å². The Bertz CT molecular complexity index is 1300. The Morgan fingerprint density at radius 3 is 2.24 bits per heavy atom. The van der Waals surface area contributed by atoms with Gasteiger partial charge in [-0.2, -0.15) is 0 Å². The van der Waals surface area contributed by atoms with E-state index in [4.69, 9.17) is 26.4 Å². The van der Waals surface area contributed by atoms with Crippen LogP contribution < -0.4 is 5.56 Å². The van der Waals surface area contributed by atoms with E-state index in [-0.39, 0.29) is 10.3 Å². The molecule has 1 fully saturated rings. The van der Waals surface area contributed by atoms with E-state index in [2.05, 4.69) is 4.98 Å². The first-order valence-corrected chi connectivity index (χ1v) is 10.8. The van der Waals surface area contributed by atoms with E-state index in [9.17, 15) is 14.4 Å². The summed E-state index contributed by atoms with van der Waals surface area (Å²) in [6.07, 6.45) is -3.06. The lowest BCUT2D eigenvalue weighted by molar-refractivity contribution is -0.102.